The minimum absolute atomic E-state index is 0.135. The highest BCUT2D eigenvalue weighted by molar-refractivity contribution is 4.97. The first kappa shape index (κ1) is 13.5. The van der Waals surface area contributed by atoms with E-state index in [9.17, 15) is 0 Å². The van der Waals surface area contributed by atoms with Crippen LogP contribution in [0.4, 0.5) is 0 Å². The molecule has 0 aromatic carbocycles. The standard InChI is InChI=1S/C14H25N3O/c1-2-12(15)10-13-16-14(17-18-13)11-8-6-4-3-5-7-9-11/h11-12H,2-10,15H2,1H3. The van der Waals surface area contributed by atoms with Crippen LogP contribution in [-0.2, 0) is 6.42 Å². The Balaban J connectivity index is 1.94. The maximum atomic E-state index is 5.91. The van der Waals surface area contributed by atoms with Crippen LogP contribution in [0, 0.1) is 0 Å². The van der Waals surface area contributed by atoms with E-state index in [1.807, 2.05) is 0 Å². The summed E-state index contributed by atoms with van der Waals surface area (Å²) in [5.74, 6) is 2.12. The van der Waals surface area contributed by atoms with Crippen molar-refractivity contribution in [3.05, 3.63) is 11.7 Å². The summed E-state index contributed by atoms with van der Waals surface area (Å²) in [5, 5.41) is 4.16. The second kappa shape index (κ2) is 6.88. The Morgan fingerprint density at radius 2 is 1.89 bits per heavy atom. The fourth-order valence-corrected chi connectivity index (χ4v) is 2.60. The van der Waals surface area contributed by atoms with Crippen LogP contribution < -0.4 is 5.73 Å². The second-order valence-corrected chi connectivity index (χ2v) is 5.46. The molecule has 0 radical (unpaired) electrons. The molecule has 2 N–H and O–H groups in total. The van der Waals surface area contributed by atoms with Gasteiger partial charge in [-0.05, 0) is 19.3 Å². The zero-order valence-electron chi connectivity index (χ0n) is 11.4. The minimum atomic E-state index is 0.135. The largest absolute Gasteiger partial charge is 0.339 e. The van der Waals surface area contributed by atoms with E-state index in [0.717, 1.165) is 12.2 Å². The Morgan fingerprint density at radius 3 is 2.56 bits per heavy atom. The molecule has 1 saturated carbocycles. The average molecular weight is 251 g/mol. The molecule has 0 spiro atoms. The van der Waals surface area contributed by atoms with Crippen LogP contribution in [-0.4, -0.2) is 16.2 Å². The van der Waals surface area contributed by atoms with Gasteiger partial charge in [-0.3, -0.25) is 0 Å². The summed E-state index contributed by atoms with van der Waals surface area (Å²) in [6.45, 7) is 2.08. The van der Waals surface area contributed by atoms with Crippen molar-refractivity contribution >= 4 is 0 Å². The van der Waals surface area contributed by atoms with Gasteiger partial charge >= 0.3 is 0 Å². The molecule has 0 saturated heterocycles. The van der Waals surface area contributed by atoms with Gasteiger partial charge in [-0.1, -0.05) is 44.2 Å². The van der Waals surface area contributed by atoms with Crippen LogP contribution in [0.5, 0.6) is 0 Å². The van der Waals surface area contributed by atoms with Crippen LogP contribution in [0.15, 0.2) is 4.52 Å². The van der Waals surface area contributed by atoms with Crippen LogP contribution in [0.25, 0.3) is 0 Å². The van der Waals surface area contributed by atoms with Gasteiger partial charge in [-0.25, -0.2) is 0 Å². The summed E-state index contributed by atoms with van der Waals surface area (Å²) in [4.78, 5) is 4.54. The predicted molar refractivity (Wildman–Crippen MR) is 71.3 cm³/mol. The molecular formula is C14H25N3O. The molecule has 0 aliphatic heterocycles. The molecule has 0 amide bonds. The third-order valence-corrected chi connectivity index (χ3v) is 3.92. The maximum absolute atomic E-state index is 5.91. The summed E-state index contributed by atoms with van der Waals surface area (Å²) in [7, 11) is 0. The molecule has 1 unspecified atom stereocenters. The van der Waals surface area contributed by atoms with E-state index in [1.54, 1.807) is 0 Å². The molecule has 102 valence electrons. The Labute approximate surface area is 109 Å². The molecule has 1 fully saturated rings. The molecule has 18 heavy (non-hydrogen) atoms. The predicted octanol–water partition coefficient (Wildman–Crippen LogP) is 3.18. The third-order valence-electron chi connectivity index (χ3n) is 3.92. The first-order chi connectivity index (χ1) is 8.79. The van der Waals surface area contributed by atoms with E-state index in [2.05, 4.69) is 17.1 Å². The highest BCUT2D eigenvalue weighted by atomic mass is 16.5. The molecule has 4 nitrogen and oxygen atoms in total. The number of nitrogens with two attached hydrogens (primary N) is 1. The van der Waals surface area contributed by atoms with Gasteiger partial charge in [0.2, 0.25) is 5.89 Å². The number of rotatable bonds is 4. The van der Waals surface area contributed by atoms with Crippen molar-refractivity contribution < 1.29 is 4.52 Å². The van der Waals surface area contributed by atoms with Gasteiger partial charge in [-0.15, -0.1) is 0 Å². The molecule has 1 heterocycles. The van der Waals surface area contributed by atoms with E-state index in [-0.39, 0.29) is 6.04 Å². The van der Waals surface area contributed by atoms with Crippen molar-refractivity contribution in [1.82, 2.24) is 10.1 Å². The van der Waals surface area contributed by atoms with Gasteiger partial charge in [0.1, 0.15) is 0 Å². The van der Waals surface area contributed by atoms with E-state index >= 15 is 0 Å². The van der Waals surface area contributed by atoms with Crippen LogP contribution in [0.2, 0.25) is 0 Å². The number of hydrogen-bond acceptors (Lipinski definition) is 4. The highest BCUT2D eigenvalue weighted by Crippen LogP contribution is 2.29. The Hall–Kier alpha value is -0.900. The average Bonchev–Trinajstić information content (AvgIpc) is 2.77. The van der Waals surface area contributed by atoms with Crippen molar-refractivity contribution in [3.63, 3.8) is 0 Å². The first-order valence-corrected chi connectivity index (χ1v) is 7.37. The first-order valence-electron chi connectivity index (χ1n) is 7.37. The Bertz CT molecular complexity index is 343. The molecule has 1 aromatic heterocycles. The molecule has 0 bridgehead atoms. The van der Waals surface area contributed by atoms with Gasteiger partial charge in [0.05, 0.1) is 0 Å². The van der Waals surface area contributed by atoms with Crippen LogP contribution in [0.1, 0.15) is 75.9 Å². The molecule has 2 rings (SSSR count). The van der Waals surface area contributed by atoms with Crippen LogP contribution in [0.3, 0.4) is 0 Å². The number of hydrogen-bond donors (Lipinski definition) is 1. The van der Waals surface area contributed by atoms with Crippen molar-refractivity contribution in [2.45, 2.75) is 76.7 Å². The molecule has 1 aliphatic carbocycles. The van der Waals surface area contributed by atoms with E-state index in [4.69, 9.17) is 10.3 Å². The summed E-state index contributed by atoms with van der Waals surface area (Å²) in [5.41, 5.74) is 5.91. The Morgan fingerprint density at radius 1 is 1.22 bits per heavy atom. The summed E-state index contributed by atoms with van der Waals surface area (Å²) in [6.07, 6.45) is 10.7. The monoisotopic (exact) mass is 251 g/mol. The number of nitrogens with zero attached hydrogens (tertiary/aromatic N) is 2. The van der Waals surface area contributed by atoms with Gasteiger partial charge in [-0.2, -0.15) is 4.98 Å². The molecular weight excluding hydrogens is 226 g/mol. The van der Waals surface area contributed by atoms with Crippen molar-refractivity contribution in [2.75, 3.05) is 0 Å². The molecule has 1 aliphatic rings. The summed E-state index contributed by atoms with van der Waals surface area (Å²) in [6, 6.07) is 0.135. The van der Waals surface area contributed by atoms with Gasteiger partial charge < -0.3 is 10.3 Å². The zero-order valence-corrected chi connectivity index (χ0v) is 11.4. The fraction of sp³-hybridized carbons (Fsp3) is 0.857. The normalized spacial score (nSPS) is 20.3. The lowest BCUT2D eigenvalue weighted by Crippen LogP contribution is -2.21. The zero-order chi connectivity index (χ0) is 12.8. The smallest absolute Gasteiger partial charge is 0.228 e. The van der Waals surface area contributed by atoms with E-state index in [1.165, 1.54) is 44.9 Å². The maximum Gasteiger partial charge on any atom is 0.228 e. The lowest BCUT2D eigenvalue weighted by Gasteiger charge is -2.15. The van der Waals surface area contributed by atoms with Crippen molar-refractivity contribution in [2.24, 2.45) is 5.73 Å². The van der Waals surface area contributed by atoms with Gasteiger partial charge in [0.25, 0.3) is 0 Å². The second-order valence-electron chi connectivity index (χ2n) is 5.46. The lowest BCUT2D eigenvalue weighted by molar-refractivity contribution is 0.353. The SMILES string of the molecule is CCC(N)Cc1nc(C2CCCCCCC2)no1. The summed E-state index contributed by atoms with van der Waals surface area (Å²) >= 11 is 0. The Kier molecular flexibility index (Phi) is 5.17. The van der Waals surface area contributed by atoms with E-state index < -0.39 is 0 Å². The van der Waals surface area contributed by atoms with Crippen molar-refractivity contribution in [3.8, 4) is 0 Å². The molecule has 1 atom stereocenters. The topological polar surface area (TPSA) is 64.9 Å². The highest BCUT2D eigenvalue weighted by Gasteiger charge is 2.19. The van der Waals surface area contributed by atoms with Crippen LogP contribution >= 0.6 is 0 Å². The third kappa shape index (κ3) is 3.80. The van der Waals surface area contributed by atoms with Gasteiger partial charge in [0, 0.05) is 18.4 Å². The van der Waals surface area contributed by atoms with Crippen molar-refractivity contribution in [1.29, 1.82) is 0 Å². The fourth-order valence-electron chi connectivity index (χ4n) is 2.60. The van der Waals surface area contributed by atoms with Gasteiger partial charge in [0.15, 0.2) is 5.82 Å². The summed E-state index contributed by atoms with van der Waals surface area (Å²) < 4.78 is 5.32. The number of aromatic nitrogens is 2. The lowest BCUT2D eigenvalue weighted by atomic mass is 9.91. The minimum Gasteiger partial charge on any atom is -0.339 e. The molecule has 1 aromatic rings. The quantitative estimate of drug-likeness (QED) is 0.892. The molecule has 4 heteroatoms. The van der Waals surface area contributed by atoms with E-state index in [0.29, 0.717) is 18.2 Å².